The largest absolute Gasteiger partial charge is 0.481 e. The summed E-state index contributed by atoms with van der Waals surface area (Å²) in [6.45, 7) is 4.11. The zero-order chi connectivity index (χ0) is 14.7. The van der Waals surface area contributed by atoms with E-state index >= 15 is 0 Å². The molecule has 0 saturated heterocycles. The molecule has 0 radical (unpaired) electrons. The molecule has 0 aromatic carbocycles. The third-order valence-electron chi connectivity index (χ3n) is 5.18. The normalized spacial score (nSPS) is 32.8. The lowest BCUT2D eigenvalue weighted by atomic mass is 9.84. The van der Waals surface area contributed by atoms with Gasteiger partial charge < -0.3 is 10.4 Å². The number of carbonyl (C=O) groups excluding carboxylic acids is 1. The lowest BCUT2D eigenvalue weighted by Crippen LogP contribution is -2.43. The highest BCUT2D eigenvalue weighted by Crippen LogP contribution is 2.37. The Morgan fingerprint density at radius 2 is 1.70 bits per heavy atom. The molecular formula is C16H27NO3. The number of carboxylic acid groups (broad SMARTS) is 1. The van der Waals surface area contributed by atoms with Gasteiger partial charge in [-0.3, -0.25) is 9.59 Å². The first-order chi connectivity index (χ1) is 9.49. The number of amides is 1. The SMILES string of the molecule is CC1CC(C(=O)O)C(C(=O)NC(C)C2CCCCC2)C1. The zero-order valence-corrected chi connectivity index (χ0v) is 12.6. The van der Waals surface area contributed by atoms with E-state index in [2.05, 4.69) is 12.2 Å². The number of aliphatic carboxylic acids is 1. The van der Waals surface area contributed by atoms with Crippen molar-refractivity contribution in [3.8, 4) is 0 Å². The van der Waals surface area contributed by atoms with E-state index in [-0.39, 0.29) is 17.9 Å². The molecule has 0 aromatic heterocycles. The van der Waals surface area contributed by atoms with E-state index in [9.17, 15) is 14.7 Å². The zero-order valence-electron chi connectivity index (χ0n) is 12.6. The Hall–Kier alpha value is -1.06. The van der Waals surface area contributed by atoms with Crippen molar-refractivity contribution < 1.29 is 14.7 Å². The van der Waals surface area contributed by atoms with Crippen LogP contribution in [0.3, 0.4) is 0 Å². The molecule has 2 aliphatic rings. The number of carbonyl (C=O) groups is 2. The summed E-state index contributed by atoms with van der Waals surface area (Å²) in [6.07, 6.45) is 7.52. The Morgan fingerprint density at radius 3 is 2.30 bits per heavy atom. The summed E-state index contributed by atoms with van der Waals surface area (Å²) in [5.41, 5.74) is 0. The molecule has 2 fully saturated rings. The molecule has 2 rings (SSSR count). The van der Waals surface area contributed by atoms with E-state index in [0.29, 0.717) is 24.7 Å². The van der Waals surface area contributed by atoms with Crippen LogP contribution in [0.1, 0.15) is 58.8 Å². The predicted octanol–water partition coefficient (Wildman–Crippen LogP) is 2.82. The second kappa shape index (κ2) is 6.59. The first-order valence-corrected chi connectivity index (χ1v) is 8.02. The Kier molecular flexibility index (Phi) is 5.06. The molecule has 2 N–H and O–H groups in total. The van der Waals surface area contributed by atoms with Crippen molar-refractivity contribution in [3.05, 3.63) is 0 Å². The van der Waals surface area contributed by atoms with Crippen LogP contribution in [0.4, 0.5) is 0 Å². The lowest BCUT2D eigenvalue weighted by Gasteiger charge is -2.29. The average molecular weight is 281 g/mol. The summed E-state index contributed by atoms with van der Waals surface area (Å²) in [4.78, 5) is 23.7. The fourth-order valence-corrected chi connectivity index (χ4v) is 3.94. The van der Waals surface area contributed by atoms with Crippen LogP contribution < -0.4 is 5.32 Å². The van der Waals surface area contributed by atoms with Gasteiger partial charge in [0.05, 0.1) is 11.8 Å². The molecule has 1 amide bonds. The van der Waals surface area contributed by atoms with Crippen LogP contribution in [-0.2, 0) is 9.59 Å². The van der Waals surface area contributed by atoms with Gasteiger partial charge in [0.25, 0.3) is 0 Å². The van der Waals surface area contributed by atoms with Gasteiger partial charge in [-0.2, -0.15) is 0 Å². The molecule has 0 aliphatic heterocycles. The topological polar surface area (TPSA) is 66.4 Å². The molecule has 2 saturated carbocycles. The maximum absolute atomic E-state index is 12.4. The van der Waals surface area contributed by atoms with Crippen LogP contribution >= 0.6 is 0 Å². The van der Waals surface area contributed by atoms with Crippen molar-refractivity contribution in [2.24, 2.45) is 23.7 Å². The second-order valence-corrected chi connectivity index (χ2v) is 6.82. The van der Waals surface area contributed by atoms with Crippen molar-refractivity contribution >= 4 is 11.9 Å². The Morgan fingerprint density at radius 1 is 1.10 bits per heavy atom. The maximum Gasteiger partial charge on any atom is 0.307 e. The van der Waals surface area contributed by atoms with Gasteiger partial charge in [0.1, 0.15) is 0 Å². The number of hydrogen-bond donors (Lipinski definition) is 2. The number of nitrogens with one attached hydrogen (secondary N) is 1. The Balaban J connectivity index is 1.91. The minimum atomic E-state index is -0.820. The van der Waals surface area contributed by atoms with E-state index in [1.54, 1.807) is 0 Å². The van der Waals surface area contributed by atoms with E-state index in [1.165, 1.54) is 32.1 Å². The number of rotatable bonds is 4. The monoisotopic (exact) mass is 281 g/mol. The van der Waals surface area contributed by atoms with Crippen LogP contribution in [-0.4, -0.2) is 23.0 Å². The summed E-state index contributed by atoms with van der Waals surface area (Å²) in [5.74, 6) is -0.802. The molecule has 20 heavy (non-hydrogen) atoms. The minimum Gasteiger partial charge on any atom is -0.481 e. The van der Waals surface area contributed by atoms with Crippen molar-refractivity contribution in [2.45, 2.75) is 64.8 Å². The number of hydrogen-bond acceptors (Lipinski definition) is 2. The average Bonchev–Trinajstić information content (AvgIpc) is 2.82. The first kappa shape index (κ1) is 15.3. The molecule has 4 atom stereocenters. The highest BCUT2D eigenvalue weighted by atomic mass is 16.4. The van der Waals surface area contributed by atoms with E-state index in [0.717, 1.165) is 0 Å². The van der Waals surface area contributed by atoms with Gasteiger partial charge in [0.2, 0.25) is 5.91 Å². The van der Waals surface area contributed by atoms with Gasteiger partial charge in [-0.1, -0.05) is 26.2 Å². The minimum absolute atomic E-state index is 0.0418. The predicted molar refractivity (Wildman–Crippen MR) is 77.2 cm³/mol. The Bertz CT molecular complexity index is 363. The smallest absolute Gasteiger partial charge is 0.307 e. The van der Waals surface area contributed by atoms with Crippen molar-refractivity contribution in [1.29, 1.82) is 0 Å². The number of carboxylic acids is 1. The second-order valence-electron chi connectivity index (χ2n) is 6.82. The van der Waals surface area contributed by atoms with Gasteiger partial charge in [-0.05, 0) is 44.4 Å². The van der Waals surface area contributed by atoms with Gasteiger partial charge in [-0.15, -0.1) is 0 Å². The van der Waals surface area contributed by atoms with E-state index in [1.807, 2.05) is 6.92 Å². The molecule has 4 heteroatoms. The van der Waals surface area contributed by atoms with Crippen LogP contribution in [0.5, 0.6) is 0 Å². The van der Waals surface area contributed by atoms with Gasteiger partial charge in [-0.25, -0.2) is 0 Å². The highest BCUT2D eigenvalue weighted by Gasteiger charge is 2.41. The van der Waals surface area contributed by atoms with Crippen LogP contribution in [0.15, 0.2) is 0 Å². The van der Waals surface area contributed by atoms with Crippen LogP contribution in [0.2, 0.25) is 0 Å². The van der Waals surface area contributed by atoms with Crippen molar-refractivity contribution in [1.82, 2.24) is 5.32 Å². The molecule has 0 spiro atoms. The van der Waals surface area contributed by atoms with Crippen LogP contribution in [0.25, 0.3) is 0 Å². The summed E-state index contributed by atoms with van der Waals surface area (Å²) in [5, 5.41) is 12.3. The van der Waals surface area contributed by atoms with Crippen LogP contribution in [0, 0.1) is 23.7 Å². The van der Waals surface area contributed by atoms with Crippen molar-refractivity contribution in [2.75, 3.05) is 0 Å². The van der Waals surface area contributed by atoms with Gasteiger partial charge >= 0.3 is 5.97 Å². The molecule has 0 bridgehead atoms. The standard InChI is InChI=1S/C16H27NO3/c1-10-8-13(14(9-10)16(19)20)15(18)17-11(2)12-6-4-3-5-7-12/h10-14H,3-9H2,1-2H3,(H,17,18)(H,19,20). The van der Waals surface area contributed by atoms with Gasteiger partial charge in [0.15, 0.2) is 0 Å². The van der Waals surface area contributed by atoms with Crippen molar-refractivity contribution in [3.63, 3.8) is 0 Å². The highest BCUT2D eigenvalue weighted by molar-refractivity contribution is 5.85. The lowest BCUT2D eigenvalue weighted by molar-refractivity contribution is -0.146. The van der Waals surface area contributed by atoms with E-state index < -0.39 is 11.9 Å². The quantitative estimate of drug-likeness (QED) is 0.832. The fraction of sp³-hybridized carbons (Fsp3) is 0.875. The molecule has 2 aliphatic carbocycles. The molecule has 4 unspecified atom stereocenters. The fourth-order valence-electron chi connectivity index (χ4n) is 3.94. The molecular weight excluding hydrogens is 254 g/mol. The summed E-state index contributed by atoms with van der Waals surface area (Å²) in [7, 11) is 0. The summed E-state index contributed by atoms with van der Waals surface area (Å²) >= 11 is 0. The molecule has 114 valence electrons. The van der Waals surface area contributed by atoms with E-state index in [4.69, 9.17) is 0 Å². The third kappa shape index (κ3) is 3.53. The maximum atomic E-state index is 12.4. The van der Waals surface area contributed by atoms with Gasteiger partial charge in [0, 0.05) is 6.04 Å². The first-order valence-electron chi connectivity index (χ1n) is 8.02. The summed E-state index contributed by atoms with van der Waals surface area (Å²) < 4.78 is 0. The molecule has 4 nitrogen and oxygen atoms in total. The molecule has 0 heterocycles. The third-order valence-corrected chi connectivity index (χ3v) is 5.18. The molecule has 0 aromatic rings. The summed E-state index contributed by atoms with van der Waals surface area (Å²) in [6, 6.07) is 0.174. The Labute approximate surface area is 121 Å².